The van der Waals surface area contributed by atoms with E-state index in [0.717, 1.165) is 5.56 Å². The molecule has 5 heteroatoms. The molecule has 0 amide bonds. The first kappa shape index (κ1) is 14.0. The highest BCUT2D eigenvalue weighted by Gasteiger charge is 2.11. The number of carboxylic acid groups (broad SMARTS) is 1. The van der Waals surface area contributed by atoms with E-state index in [1.807, 2.05) is 25.1 Å². The zero-order valence-corrected chi connectivity index (χ0v) is 10.3. The van der Waals surface area contributed by atoms with Gasteiger partial charge in [0.15, 0.2) is 0 Å². The van der Waals surface area contributed by atoms with E-state index in [1.54, 1.807) is 6.07 Å². The van der Waals surface area contributed by atoms with Crippen LogP contribution in [0.3, 0.4) is 0 Å². The smallest absolute Gasteiger partial charge is 0.306 e. The lowest BCUT2D eigenvalue weighted by atomic mass is 10.1. The number of nitrogens with one attached hydrogen (secondary N) is 1. The minimum absolute atomic E-state index is 0.0112. The van der Waals surface area contributed by atoms with Crippen molar-refractivity contribution in [3.8, 4) is 0 Å². The van der Waals surface area contributed by atoms with Gasteiger partial charge in [-0.15, -0.1) is 0 Å². The fraction of sp³-hybridized carbons (Fsp3) is 0.417. The normalized spacial score (nSPS) is 14.3. The maximum absolute atomic E-state index is 10.4. The molecule has 0 aliphatic rings. The van der Waals surface area contributed by atoms with Gasteiger partial charge in [0.25, 0.3) is 0 Å². The Morgan fingerprint density at radius 2 is 2.24 bits per heavy atom. The molecule has 0 bridgehead atoms. The zero-order chi connectivity index (χ0) is 12.8. The molecule has 0 radical (unpaired) electrons. The molecule has 1 rings (SSSR count). The lowest BCUT2D eigenvalue weighted by Gasteiger charge is -2.16. The third-order valence-electron chi connectivity index (χ3n) is 2.42. The molecule has 1 aromatic rings. The minimum Gasteiger partial charge on any atom is -0.481 e. The Labute approximate surface area is 105 Å². The monoisotopic (exact) mass is 257 g/mol. The summed E-state index contributed by atoms with van der Waals surface area (Å²) in [5.74, 6) is -1.00. The highest BCUT2D eigenvalue weighted by atomic mass is 35.5. The summed E-state index contributed by atoms with van der Waals surface area (Å²) in [6, 6.07) is 7.41. The summed E-state index contributed by atoms with van der Waals surface area (Å²) in [7, 11) is 0. The molecule has 1 aromatic carbocycles. The van der Waals surface area contributed by atoms with Crippen LogP contribution in [0.15, 0.2) is 24.3 Å². The number of hydrogen-bond acceptors (Lipinski definition) is 3. The molecule has 3 N–H and O–H groups in total. The maximum atomic E-state index is 10.4. The molecule has 0 aromatic heterocycles. The van der Waals surface area contributed by atoms with E-state index in [2.05, 4.69) is 5.32 Å². The zero-order valence-electron chi connectivity index (χ0n) is 9.56. The van der Waals surface area contributed by atoms with E-state index < -0.39 is 12.1 Å². The number of rotatable bonds is 6. The van der Waals surface area contributed by atoms with Gasteiger partial charge in [-0.05, 0) is 24.6 Å². The summed E-state index contributed by atoms with van der Waals surface area (Å²) < 4.78 is 0. The van der Waals surface area contributed by atoms with Crippen LogP contribution in [0.4, 0.5) is 0 Å². The van der Waals surface area contributed by atoms with E-state index in [4.69, 9.17) is 16.7 Å². The quantitative estimate of drug-likeness (QED) is 0.727. The number of halogens is 1. The first-order valence-electron chi connectivity index (χ1n) is 5.37. The number of aliphatic hydroxyl groups excluding tert-OH is 1. The lowest BCUT2D eigenvalue weighted by molar-refractivity contribution is -0.139. The molecule has 4 nitrogen and oxygen atoms in total. The second-order valence-electron chi connectivity index (χ2n) is 3.94. The second kappa shape index (κ2) is 6.59. The number of aliphatic carboxylic acids is 1. The van der Waals surface area contributed by atoms with Crippen molar-refractivity contribution in [3.05, 3.63) is 34.9 Å². The molecule has 0 aliphatic heterocycles. The van der Waals surface area contributed by atoms with E-state index in [-0.39, 0.29) is 19.0 Å². The molecule has 94 valence electrons. The Morgan fingerprint density at radius 3 is 2.82 bits per heavy atom. The summed E-state index contributed by atoms with van der Waals surface area (Å²) in [4.78, 5) is 10.4. The Bertz CT molecular complexity index is 384. The van der Waals surface area contributed by atoms with Gasteiger partial charge in [0.2, 0.25) is 0 Å². The number of hydrogen-bond donors (Lipinski definition) is 3. The Hall–Kier alpha value is -1.10. The molecule has 0 saturated heterocycles. The molecule has 0 fully saturated rings. The van der Waals surface area contributed by atoms with E-state index in [9.17, 15) is 9.90 Å². The number of aliphatic hydroxyl groups is 1. The van der Waals surface area contributed by atoms with Gasteiger partial charge in [-0.2, -0.15) is 0 Å². The molecule has 0 heterocycles. The predicted molar refractivity (Wildman–Crippen MR) is 66.1 cm³/mol. The highest BCUT2D eigenvalue weighted by Crippen LogP contribution is 2.17. The van der Waals surface area contributed by atoms with Crippen molar-refractivity contribution in [2.24, 2.45) is 0 Å². The third-order valence-corrected chi connectivity index (χ3v) is 2.65. The lowest BCUT2D eigenvalue weighted by Crippen LogP contribution is -2.30. The van der Waals surface area contributed by atoms with Crippen molar-refractivity contribution in [3.63, 3.8) is 0 Å². The van der Waals surface area contributed by atoms with Crippen molar-refractivity contribution >= 4 is 17.6 Å². The van der Waals surface area contributed by atoms with Gasteiger partial charge in [-0.3, -0.25) is 4.79 Å². The fourth-order valence-electron chi connectivity index (χ4n) is 1.48. The number of carbonyl (C=O) groups is 1. The summed E-state index contributed by atoms with van der Waals surface area (Å²) >= 11 is 5.87. The van der Waals surface area contributed by atoms with Gasteiger partial charge >= 0.3 is 5.97 Å². The van der Waals surface area contributed by atoms with E-state index in [0.29, 0.717) is 5.02 Å². The van der Waals surface area contributed by atoms with Crippen LogP contribution in [0.2, 0.25) is 5.02 Å². The maximum Gasteiger partial charge on any atom is 0.306 e. The summed E-state index contributed by atoms with van der Waals surface area (Å²) in [6.07, 6.45) is -1.14. The van der Waals surface area contributed by atoms with Crippen LogP contribution in [0, 0.1) is 0 Å². The van der Waals surface area contributed by atoms with Crippen LogP contribution in [0.1, 0.15) is 24.9 Å². The van der Waals surface area contributed by atoms with Crippen molar-refractivity contribution in [2.75, 3.05) is 6.54 Å². The van der Waals surface area contributed by atoms with Crippen molar-refractivity contribution < 1.29 is 15.0 Å². The highest BCUT2D eigenvalue weighted by molar-refractivity contribution is 6.30. The molecule has 0 aliphatic carbocycles. The first-order valence-corrected chi connectivity index (χ1v) is 5.75. The SMILES string of the molecule is C[C@H](NCC(O)CC(=O)O)c1cccc(Cl)c1. The molecular weight excluding hydrogens is 242 g/mol. The van der Waals surface area contributed by atoms with Gasteiger partial charge in [-0.25, -0.2) is 0 Å². The second-order valence-corrected chi connectivity index (χ2v) is 4.37. The molecule has 0 saturated carbocycles. The Balaban J connectivity index is 2.44. The Morgan fingerprint density at radius 1 is 1.53 bits per heavy atom. The molecule has 17 heavy (non-hydrogen) atoms. The molecular formula is C12H16ClNO3. The van der Waals surface area contributed by atoms with E-state index >= 15 is 0 Å². The average Bonchev–Trinajstić information content (AvgIpc) is 2.25. The molecule has 2 atom stereocenters. The summed E-state index contributed by atoms with van der Waals surface area (Å²) in [5, 5.41) is 21.6. The fourth-order valence-corrected chi connectivity index (χ4v) is 1.68. The van der Waals surface area contributed by atoms with Crippen LogP contribution in [0.5, 0.6) is 0 Å². The van der Waals surface area contributed by atoms with Crippen LogP contribution in [-0.2, 0) is 4.79 Å². The standard InChI is InChI=1S/C12H16ClNO3/c1-8(9-3-2-4-10(13)5-9)14-7-11(15)6-12(16)17/h2-5,8,11,14-15H,6-7H2,1H3,(H,16,17)/t8-,11?/m0/s1. The molecule has 1 unspecified atom stereocenters. The average molecular weight is 258 g/mol. The molecule has 0 spiro atoms. The van der Waals surface area contributed by atoms with Gasteiger partial charge < -0.3 is 15.5 Å². The van der Waals surface area contributed by atoms with Crippen molar-refractivity contribution in [1.82, 2.24) is 5.32 Å². The summed E-state index contributed by atoms with van der Waals surface area (Å²) in [5.41, 5.74) is 1.00. The van der Waals surface area contributed by atoms with Gasteiger partial charge in [0.05, 0.1) is 12.5 Å². The van der Waals surface area contributed by atoms with Crippen LogP contribution in [-0.4, -0.2) is 28.8 Å². The first-order chi connectivity index (χ1) is 7.99. The third kappa shape index (κ3) is 5.17. The minimum atomic E-state index is -1.00. The van der Waals surface area contributed by atoms with E-state index in [1.165, 1.54) is 0 Å². The van der Waals surface area contributed by atoms with Crippen LogP contribution >= 0.6 is 11.6 Å². The van der Waals surface area contributed by atoms with Gasteiger partial charge in [0, 0.05) is 17.6 Å². The van der Waals surface area contributed by atoms with Crippen LogP contribution < -0.4 is 5.32 Å². The van der Waals surface area contributed by atoms with Gasteiger partial charge in [-0.1, -0.05) is 23.7 Å². The van der Waals surface area contributed by atoms with Crippen molar-refractivity contribution in [2.45, 2.75) is 25.5 Å². The van der Waals surface area contributed by atoms with Crippen LogP contribution in [0.25, 0.3) is 0 Å². The largest absolute Gasteiger partial charge is 0.481 e. The van der Waals surface area contributed by atoms with Crippen molar-refractivity contribution in [1.29, 1.82) is 0 Å². The predicted octanol–water partition coefficient (Wildman–Crippen LogP) is 1.83. The summed E-state index contributed by atoms with van der Waals surface area (Å²) in [6.45, 7) is 2.17. The number of carboxylic acids is 1. The Kier molecular flexibility index (Phi) is 5.41. The topological polar surface area (TPSA) is 69.6 Å². The van der Waals surface area contributed by atoms with Gasteiger partial charge in [0.1, 0.15) is 0 Å². The number of benzene rings is 1.